The van der Waals surface area contributed by atoms with Crippen LogP contribution >= 0.6 is 11.3 Å². The predicted molar refractivity (Wildman–Crippen MR) is 124 cm³/mol. The average Bonchev–Trinajstić information content (AvgIpc) is 3.15. The number of hydrogen-bond donors (Lipinski definition) is 1. The Morgan fingerprint density at radius 1 is 1.00 bits per heavy atom. The highest BCUT2D eigenvalue weighted by Gasteiger charge is 2.32. The number of nitrogens with zero attached hydrogens (tertiary/aromatic N) is 2. The molecule has 0 aliphatic carbocycles. The van der Waals surface area contributed by atoms with E-state index in [4.69, 9.17) is 0 Å². The molecule has 2 aromatic rings. The van der Waals surface area contributed by atoms with Gasteiger partial charge in [-0.1, -0.05) is 37.1 Å². The lowest BCUT2D eigenvalue weighted by Crippen LogP contribution is -2.37. The van der Waals surface area contributed by atoms with Crippen LogP contribution in [0.1, 0.15) is 52.9 Å². The Labute approximate surface area is 189 Å². The molecule has 1 saturated heterocycles. The van der Waals surface area contributed by atoms with E-state index >= 15 is 0 Å². The first-order chi connectivity index (χ1) is 15.1. The van der Waals surface area contributed by atoms with Crippen LogP contribution in [-0.2, 0) is 23.0 Å². The molecule has 0 atom stereocenters. The molecule has 0 radical (unpaired) electrons. The molecule has 1 aromatic heterocycles. The molecule has 0 unspecified atom stereocenters. The molecule has 0 bridgehead atoms. The molecule has 1 N–H and O–H groups in total. The highest BCUT2D eigenvalue weighted by molar-refractivity contribution is 7.89. The summed E-state index contributed by atoms with van der Waals surface area (Å²) in [5.41, 5.74) is 2.23. The first kappa shape index (κ1) is 22.5. The van der Waals surface area contributed by atoms with Crippen LogP contribution in [0.15, 0.2) is 40.6 Å². The average molecular weight is 462 g/mol. The molecule has 0 spiro atoms. The van der Waals surface area contributed by atoms with Crippen molar-refractivity contribution in [2.24, 2.45) is 0 Å². The summed E-state index contributed by atoms with van der Waals surface area (Å²) in [4.78, 5) is 15.6. The van der Waals surface area contributed by atoms with Gasteiger partial charge in [0.1, 0.15) is 9.77 Å². The minimum Gasteiger partial charge on any atom is -0.351 e. The van der Waals surface area contributed by atoms with E-state index in [2.05, 4.69) is 10.2 Å². The summed E-state index contributed by atoms with van der Waals surface area (Å²) in [6.45, 7) is 4.60. The van der Waals surface area contributed by atoms with Crippen molar-refractivity contribution in [3.63, 3.8) is 0 Å². The van der Waals surface area contributed by atoms with E-state index in [0.717, 1.165) is 31.6 Å². The lowest BCUT2D eigenvalue weighted by molar-refractivity contribution is 0.0952. The second kappa shape index (κ2) is 10.3. The van der Waals surface area contributed by atoms with Crippen LogP contribution in [0.2, 0.25) is 0 Å². The number of rotatable bonds is 7. The van der Waals surface area contributed by atoms with E-state index in [-0.39, 0.29) is 15.7 Å². The van der Waals surface area contributed by atoms with E-state index in [1.54, 1.807) is 11.4 Å². The van der Waals surface area contributed by atoms with Gasteiger partial charge in [-0.2, -0.15) is 4.31 Å². The van der Waals surface area contributed by atoms with Gasteiger partial charge < -0.3 is 10.2 Å². The quantitative estimate of drug-likeness (QED) is 0.641. The van der Waals surface area contributed by atoms with Crippen molar-refractivity contribution in [1.29, 1.82) is 0 Å². The number of sulfonamides is 1. The highest BCUT2D eigenvalue weighted by Crippen LogP contribution is 2.29. The normalized spacial score (nSPS) is 18.3. The number of benzene rings is 1. The zero-order valence-corrected chi connectivity index (χ0v) is 19.5. The number of nitrogens with one attached hydrogen (secondary N) is 1. The number of likely N-dealkylation sites (tertiary alicyclic amines) is 1. The monoisotopic (exact) mass is 461 g/mol. The molecular weight excluding hydrogens is 430 g/mol. The Bertz CT molecular complexity index is 995. The first-order valence-electron chi connectivity index (χ1n) is 11.2. The van der Waals surface area contributed by atoms with Crippen LogP contribution in [0.4, 0.5) is 0 Å². The number of carbonyl (C=O) groups excluding carboxylic acids is 1. The Morgan fingerprint density at radius 3 is 2.52 bits per heavy atom. The van der Waals surface area contributed by atoms with Crippen molar-refractivity contribution in [2.75, 3.05) is 32.7 Å². The van der Waals surface area contributed by atoms with Crippen LogP contribution in [0.5, 0.6) is 0 Å². The third kappa shape index (κ3) is 5.37. The Hall–Kier alpha value is -1.74. The molecule has 6 nitrogen and oxygen atoms in total. The van der Waals surface area contributed by atoms with Crippen molar-refractivity contribution in [3.05, 3.63) is 51.7 Å². The number of hydrogen-bond acceptors (Lipinski definition) is 5. The zero-order valence-electron chi connectivity index (χ0n) is 17.9. The van der Waals surface area contributed by atoms with Gasteiger partial charge in [-0.05, 0) is 67.9 Å². The molecule has 1 amide bonds. The maximum atomic E-state index is 13.3. The van der Waals surface area contributed by atoms with E-state index in [9.17, 15) is 13.2 Å². The number of amides is 1. The first-order valence-corrected chi connectivity index (χ1v) is 13.5. The van der Waals surface area contributed by atoms with Crippen molar-refractivity contribution < 1.29 is 13.2 Å². The SMILES string of the molecule is O=C(NCCCN1CCCCCC1)c1sccc1S(=O)(=O)N1CCc2ccccc2C1. The molecule has 8 heteroatoms. The van der Waals surface area contributed by atoms with Crippen LogP contribution in [0.25, 0.3) is 0 Å². The summed E-state index contributed by atoms with van der Waals surface area (Å²) < 4.78 is 28.1. The second-order valence-electron chi connectivity index (χ2n) is 8.34. The zero-order chi connectivity index (χ0) is 21.7. The lowest BCUT2D eigenvalue weighted by Gasteiger charge is -2.28. The molecule has 3 heterocycles. The smallest absolute Gasteiger partial charge is 0.262 e. The fourth-order valence-corrected chi connectivity index (χ4v) is 7.16. The molecular formula is C23H31N3O3S2. The van der Waals surface area contributed by atoms with Gasteiger partial charge in [-0.3, -0.25) is 4.79 Å². The standard InChI is InChI=1S/C23H31N3O3S2/c27-23(24-12-7-15-25-13-5-1-2-6-14-25)22-21(11-17-30-22)31(28,29)26-16-10-19-8-3-4-9-20(19)18-26/h3-4,8-9,11,17H,1-2,5-7,10,12-16,18H2,(H,24,27). The highest BCUT2D eigenvalue weighted by atomic mass is 32.2. The molecule has 0 saturated carbocycles. The molecule has 31 heavy (non-hydrogen) atoms. The van der Waals surface area contributed by atoms with Crippen LogP contribution in [0, 0.1) is 0 Å². The molecule has 2 aliphatic heterocycles. The summed E-state index contributed by atoms with van der Waals surface area (Å²) in [6, 6.07) is 9.50. The van der Waals surface area contributed by atoms with Crippen molar-refractivity contribution >= 4 is 27.3 Å². The van der Waals surface area contributed by atoms with Gasteiger partial charge in [-0.15, -0.1) is 11.3 Å². The maximum absolute atomic E-state index is 13.3. The number of carbonyl (C=O) groups is 1. The Kier molecular flexibility index (Phi) is 7.43. The summed E-state index contributed by atoms with van der Waals surface area (Å²) in [6.07, 6.45) is 6.70. The Balaban J connectivity index is 1.36. The lowest BCUT2D eigenvalue weighted by atomic mass is 10.0. The summed E-state index contributed by atoms with van der Waals surface area (Å²) >= 11 is 1.19. The van der Waals surface area contributed by atoms with Gasteiger partial charge in [0.25, 0.3) is 5.91 Å². The Morgan fingerprint density at radius 2 is 1.74 bits per heavy atom. The fourth-order valence-electron chi connectivity index (χ4n) is 4.42. The van der Waals surface area contributed by atoms with Gasteiger partial charge in [0.15, 0.2) is 0 Å². The molecule has 4 rings (SSSR count). The van der Waals surface area contributed by atoms with E-state index in [1.807, 2.05) is 24.3 Å². The maximum Gasteiger partial charge on any atom is 0.262 e. The number of fused-ring (bicyclic) bond motifs is 1. The van der Waals surface area contributed by atoms with E-state index in [1.165, 1.54) is 46.9 Å². The minimum atomic E-state index is -3.71. The van der Waals surface area contributed by atoms with Crippen molar-refractivity contribution in [2.45, 2.75) is 50.0 Å². The largest absolute Gasteiger partial charge is 0.351 e. The van der Waals surface area contributed by atoms with Crippen molar-refractivity contribution in [3.8, 4) is 0 Å². The van der Waals surface area contributed by atoms with Gasteiger partial charge in [0.05, 0.1) is 0 Å². The second-order valence-corrected chi connectivity index (χ2v) is 11.2. The van der Waals surface area contributed by atoms with Gasteiger partial charge in [0.2, 0.25) is 10.0 Å². The molecule has 1 aromatic carbocycles. The van der Waals surface area contributed by atoms with Gasteiger partial charge in [-0.25, -0.2) is 8.42 Å². The van der Waals surface area contributed by atoms with Crippen LogP contribution < -0.4 is 5.32 Å². The fraction of sp³-hybridized carbons (Fsp3) is 0.522. The summed E-state index contributed by atoms with van der Waals surface area (Å²) in [7, 11) is -3.71. The van der Waals surface area contributed by atoms with E-state index < -0.39 is 10.0 Å². The molecule has 1 fully saturated rings. The van der Waals surface area contributed by atoms with Gasteiger partial charge in [0, 0.05) is 19.6 Å². The molecule has 2 aliphatic rings. The third-order valence-corrected chi connectivity index (χ3v) is 9.11. The predicted octanol–water partition coefficient (Wildman–Crippen LogP) is 3.49. The topological polar surface area (TPSA) is 69.7 Å². The van der Waals surface area contributed by atoms with E-state index in [0.29, 0.717) is 26.1 Å². The summed E-state index contributed by atoms with van der Waals surface area (Å²) in [5.74, 6) is -0.290. The molecule has 168 valence electrons. The third-order valence-electron chi connectivity index (χ3n) is 6.18. The summed E-state index contributed by atoms with van der Waals surface area (Å²) in [5, 5.41) is 4.62. The number of thiophene rings is 1. The van der Waals surface area contributed by atoms with Gasteiger partial charge >= 0.3 is 0 Å². The van der Waals surface area contributed by atoms with Crippen LogP contribution in [0.3, 0.4) is 0 Å². The minimum absolute atomic E-state index is 0.127. The van der Waals surface area contributed by atoms with Crippen molar-refractivity contribution in [1.82, 2.24) is 14.5 Å². The van der Waals surface area contributed by atoms with Crippen LogP contribution in [-0.4, -0.2) is 56.3 Å².